The van der Waals surface area contributed by atoms with Crippen molar-refractivity contribution in [2.24, 2.45) is 7.05 Å². The van der Waals surface area contributed by atoms with Crippen molar-refractivity contribution in [2.75, 3.05) is 26.7 Å². The zero-order chi connectivity index (χ0) is 12.7. The van der Waals surface area contributed by atoms with Gasteiger partial charge in [-0.1, -0.05) is 11.6 Å². The van der Waals surface area contributed by atoms with Gasteiger partial charge in [-0.05, 0) is 30.8 Å². The Hall–Kier alpha value is -1.03. The minimum absolute atomic E-state index is 0.431. The van der Waals surface area contributed by atoms with E-state index < -0.39 is 0 Å². The standard InChI is InChI=1S/C14H18ClN3/c1-17-6-5-16-8-14(17)12-9-18(2)13-4-3-10(15)7-11(12)13/h3-4,7,9,14,16H,5-6,8H2,1-2H3. The zero-order valence-corrected chi connectivity index (χ0v) is 11.5. The van der Waals surface area contributed by atoms with Crippen LogP contribution in [0.5, 0.6) is 0 Å². The fourth-order valence-electron chi connectivity index (χ4n) is 2.81. The average molecular weight is 264 g/mol. The van der Waals surface area contributed by atoms with Crippen LogP contribution in [-0.4, -0.2) is 36.1 Å². The van der Waals surface area contributed by atoms with Gasteiger partial charge in [-0.3, -0.25) is 4.90 Å². The third-order valence-electron chi connectivity index (χ3n) is 3.85. The molecule has 0 bridgehead atoms. The molecule has 1 aliphatic rings. The van der Waals surface area contributed by atoms with Crippen LogP contribution in [0, 0.1) is 0 Å². The van der Waals surface area contributed by atoms with Gasteiger partial charge < -0.3 is 9.88 Å². The van der Waals surface area contributed by atoms with Crippen molar-refractivity contribution in [3.8, 4) is 0 Å². The van der Waals surface area contributed by atoms with Crippen molar-refractivity contribution in [1.29, 1.82) is 0 Å². The predicted molar refractivity (Wildman–Crippen MR) is 76.2 cm³/mol. The highest BCUT2D eigenvalue weighted by Crippen LogP contribution is 2.31. The highest BCUT2D eigenvalue weighted by molar-refractivity contribution is 6.31. The van der Waals surface area contributed by atoms with Crippen LogP contribution in [0.1, 0.15) is 11.6 Å². The molecule has 3 nitrogen and oxygen atoms in total. The number of aromatic nitrogens is 1. The number of halogens is 1. The molecular weight excluding hydrogens is 246 g/mol. The van der Waals surface area contributed by atoms with Crippen molar-refractivity contribution in [1.82, 2.24) is 14.8 Å². The molecule has 1 aromatic carbocycles. The molecule has 1 fully saturated rings. The van der Waals surface area contributed by atoms with Crippen LogP contribution in [0.15, 0.2) is 24.4 Å². The maximum atomic E-state index is 6.14. The summed E-state index contributed by atoms with van der Waals surface area (Å²) in [5.74, 6) is 0. The van der Waals surface area contributed by atoms with E-state index >= 15 is 0 Å². The maximum absolute atomic E-state index is 6.14. The summed E-state index contributed by atoms with van der Waals surface area (Å²) in [7, 11) is 4.28. The number of aryl methyl sites for hydroxylation is 1. The Kier molecular flexibility index (Phi) is 3.06. The number of piperazine rings is 1. The first-order chi connectivity index (χ1) is 8.66. The van der Waals surface area contributed by atoms with E-state index in [1.165, 1.54) is 16.5 Å². The fourth-order valence-corrected chi connectivity index (χ4v) is 2.99. The van der Waals surface area contributed by atoms with Crippen LogP contribution in [0.25, 0.3) is 10.9 Å². The van der Waals surface area contributed by atoms with Gasteiger partial charge in [0, 0.05) is 54.8 Å². The second-order valence-electron chi connectivity index (χ2n) is 5.06. The molecule has 18 heavy (non-hydrogen) atoms. The van der Waals surface area contributed by atoms with Crippen molar-refractivity contribution < 1.29 is 0 Å². The molecule has 0 spiro atoms. The molecule has 0 radical (unpaired) electrons. The third kappa shape index (κ3) is 1.92. The second-order valence-corrected chi connectivity index (χ2v) is 5.49. The molecule has 2 aromatic rings. The lowest BCUT2D eigenvalue weighted by atomic mass is 10.0. The summed E-state index contributed by atoms with van der Waals surface area (Å²) in [6.45, 7) is 3.16. The van der Waals surface area contributed by atoms with E-state index in [-0.39, 0.29) is 0 Å². The van der Waals surface area contributed by atoms with Crippen LogP contribution >= 0.6 is 11.6 Å². The van der Waals surface area contributed by atoms with Gasteiger partial charge in [0.15, 0.2) is 0 Å². The fraction of sp³-hybridized carbons (Fsp3) is 0.429. The Balaban J connectivity index is 2.13. The van der Waals surface area contributed by atoms with E-state index in [4.69, 9.17) is 11.6 Å². The highest BCUT2D eigenvalue weighted by Gasteiger charge is 2.23. The lowest BCUT2D eigenvalue weighted by Crippen LogP contribution is -2.43. The normalized spacial score (nSPS) is 21.6. The summed E-state index contributed by atoms with van der Waals surface area (Å²) >= 11 is 6.14. The van der Waals surface area contributed by atoms with E-state index in [1.807, 2.05) is 6.07 Å². The first kappa shape index (κ1) is 12.0. The molecule has 1 atom stereocenters. The van der Waals surface area contributed by atoms with Crippen LogP contribution in [-0.2, 0) is 7.05 Å². The maximum Gasteiger partial charge on any atom is 0.0491 e. The highest BCUT2D eigenvalue weighted by atomic mass is 35.5. The van der Waals surface area contributed by atoms with Crippen LogP contribution in [0.4, 0.5) is 0 Å². The summed E-state index contributed by atoms with van der Waals surface area (Å²) in [4.78, 5) is 2.41. The molecule has 0 saturated carbocycles. The molecule has 1 N–H and O–H groups in total. The summed E-state index contributed by atoms with van der Waals surface area (Å²) in [5, 5.41) is 5.54. The average Bonchev–Trinajstić information content (AvgIpc) is 2.67. The van der Waals surface area contributed by atoms with Crippen LogP contribution in [0.2, 0.25) is 5.02 Å². The molecule has 1 aliphatic heterocycles. The number of nitrogens with zero attached hydrogens (tertiary/aromatic N) is 2. The zero-order valence-electron chi connectivity index (χ0n) is 10.8. The molecule has 4 heteroatoms. The van der Waals surface area contributed by atoms with Gasteiger partial charge in [0.25, 0.3) is 0 Å². The van der Waals surface area contributed by atoms with Gasteiger partial charge in [-0.2, -0.15) is 0 Å². The quantitative estimate of drug-likeness (QED) is 0.853. The summed E-state index contributed by atoms with van der Waals surface area (Å²) in [6.07, 6.45) is 2.23. The second kappa shape index (κ2) is 4.57. The smallest absolute Gasteiger partial charge is 0.0491 e. The molecule has 1 aromatic heterocycles. The number of fused-ring (bicyclic) bond motifs is 1. The number of rotatable bonds is 1. The van der Waals surface area contributed by atoms with Crippen molar-refractivity contribution in [2.45, 2.75) is 6.04 Å². The van der Waals surface area contributed by atoms with E-state index in [0.717, 1.165) is 24.7 Å². The summed E-state index contributed by atoms with van der Waals surface area (Å²) in [5.41, 5.74) is 2.61. The van der Waals surface area contributed by atoms with Crippen molar-refractivity contribution >= 4 is 22.5 Å². The molecule has 0 aliphatic carbocycles. The summed E-state index contributed by atoms with van der Waals surface area (Å²) < 4.78 is 2.18. The van der Waals surface area contributed by atoms with E-state index in [0.29, 0.717) is 6.04 Å². The Labute approximate surface area is 112 Å². The third-order valence-corrected chi connectivity index (χ3v) is 4.09. The van der Waals surface area contributed by atoms with Crippen molar-refractivity contribution in [3.05, 3.63) is 35.0 Å². The number of hydrogen-bond donors (Lipinski definition) is 1. The molecule has 3 rings (SSSR count). The van der Waals surface area contributed by atoms with Gasteiger partial charge in [0.05, 0.1) is 0 Å². The number of nitrogens with one attached hydrogen (secondary N) is 1. The number of benzene rings is 1. The lowest BCUT2D eigenvalue weighted by Gasteiger charge is -2.33. The molecular formula is C14H18ClN3. The SMILES string of the molecule is CN1CCNCC1c1cn(C)c2ccc(Cl)cc12. The van der Waals surface area contributed by atoms with Gasteiger partial charge >= 0.3 is 0 Å². The Bertz CT molecular complexity index is 576. The predicted octanol–water partition coefficient (Wildman–Crippen LogP) is 2.41. The minimum atomic E-state index is 0.431. The largest absolute Gasteiger partial charge is 0.350 e. The van der Waals surface area contributed by atoms with E-state index in [9.17, 15) is 0 Å². The molecule has 2 heterocycles. The molecule has 1 unspecified atom stereocenters. The minimum Gasteiger partial charge on any atom is -0.350 e. The van der Waals surface area contributed by atoms with Gasteiger partial charge in [-0.25, -0.2) is 0 Å². The lowest BCUT2D eigenvalue weighted by molar-refractivity contribution is 0.203. The monoisotopic (exact) mass is 263 g/mol. The molecule has 0 amide bonds. The Morgan fingerprint density at radius 2 is 2.17 bits per heavy atom. The van der Waals surface area contributed by atoms with Crippen LogP contribution < -0.4 is 5.32 Å². The first-order valence-corrected chi connectivity index (χ1v) is 6.70. The van der Waals surface area contributed by atoms with Crippen LogP contribution in [0.3, 0.4) is 0 Å². The van der Waals surface area contributed by atoms with Crippen molar-refractivity contribution in [3.63, 3.8) is 0 Å². The Morgan fingerprint density at radius 1 is 1.33 bits per heavy atom. The number of likely N-dealkylation sites (N-methyl/N-ethyl adjacent to an activating group) is 1. The summed E-state index contributed by atoms with van der Waals surface area (Å²) in [6, 6.07) is 6.56. The molecule has 1 saturated heterocycles. The van der Waals surface area contributed by atoms with E-state index in [2.05, 4.69) is 47.2 Å². The topological polar surface area (TPSA) is 20.2 Å². The van der Waals surface area contributed by atoms with Gasteiger partial charge in [0.1, 0.15) is 0 Å². The van der Waals surface area contributed by atoms with Gasteiger partial charge in [0.2, 0.25) is 0 Å². The Morgan fingerprint density at radius 3 is 2.94 bits per heavy atom. The first-order valence-electron chi connectivity index (χ1n) is 6.32. The molecule has 96 valence electrons. The van der Waals surface area contributed by atoms with E-state index in [1.54, 1.807) is 0 Å². The van der Waals surface area contributed by atoms with Gasteiger partial charge in [-0.15, -0.1) is 0 Å². The number of hydrogen-bond acceptors (Lipinski definition) is 2.